The molecule has 0 amide bonds. The Hall–Kier alpha value is 0.140. The molecule has 0 fully saturated rings. The molecule has 21 heavy (non-hydrogen) atoms. The molecule has 0 saturated carbocycles. The van der Waals surface area contributed by atoms with Crippen LogP contribution < -0.4 is 0 Å². The molecular formula is C18H35BrO2. The molecule has 0 unspecified atom stereocenters. The highest BCUT2D eigenvalue weighted by Gasteiger charge is 2.07. The van der Waals surface area contributed by atoms with Gasteiger partial charge in [-0.1, -0.05) is 61.2 Å². The van der Waals surface area contributed by atoms with Crippen LogP contribution in [0.3, 0.4) is 0 Å². The van der Waals surface area contributed by atoms with E-state index < -0.39 is 0 Å². The van der Waals surface area contributed by atoms with Crippen LogP contribution in [-0.2, 0) is 9.47 Å². The molecule has 0 heterocycles. The molecule has 2 nitrogen and oxygen atoms in total. The lowest BCUT2D eigenvalue weighted by molar-refractivity contribution is -0.146. The van der Waals surface area contributed by atoms with Crippen LogP contribution in [0.2, 0.25) is 0 Å². The summed E-state index contributed by atoms with van der Waals surface area (Å²) in [5, 5.41) is 1.07. The van der Waals surface area contributed by atoms with E-state index >= 15 is 0 Å². The van der Waals surface area contributed by atoms with Crippen molar-refractivity contribution in [2.24, 2.45) is 0 Å². The predicted octanol–water partition coefficient (Wildman–Crippen LogP) is 6.24. The molecule has 0 atom stereocenters. The highest BCUT2D eigenvalue weighted by molar-refractivity contribution is 9.09. The summed E-state index contributed by atoms with van der Waals surface area (Å²) in [6, 6.07) is 0. The summed E-state index contributed by atoms with van der Waals surface area (Å²) >= 11 is 3.43. The van der Waals surface area contributed by atoms with E-state index in [0.717, 1.165) is 44.2 Å². The van der Waals surface area contributed by atoms with Crippen molar-refractivity contribution in [1.29, 1.82) is 0 Å². The number of allylic oxidation sites excluding steroid dienone is 2. The third-order valence-corrected chi connectivity index (χ3v) is 3.73. The fourth-order valence-electron chi connectivity index (χ4n) is 2.12. The number of ether oxygens (including phenoxy) is 2. The van der Waals surface area contributed by atoms with Crippen molar-refractivity contribution >= 4 is 15.9 Å². The van der Waals surface area contributed by atoms with Crippen molar-refractivity contribution in [2.75, 3.05) is 18.5 Å². The van der Waals surface area contributed by atoms with Gasteiger partial charge in [0.15, 0.2) is 6.29 Å². The average Bonchev–Trinajstić information content (AvgIpc) is 2.51. The molecule has 0 bridgehead atoms. The second-order valence-electron chi connectivity index (χ2n) is 5.47. The van der Waals surface area contributed by atoms with E-state index in [4.69, 9.17) is 9.47 Å². The molecule has 0 spiro atoms. The maximum Gasteiger partial charge on any atom is 0.157 e. The molecule has 0 aliphatic carbocycles. The van der Waals surface area contributed by atoms with E-state index in [1.54, 1.807) is 0 Å². The fourth-order valence-corrected chi connectivity index (χ4v) is 2.38. The first kappa shape index (κ1) is 21.1. The number of unbranched alkanes of at least 4 members (excludes halogenated alkanes) is 5. The molecule has 126 valence electrons. The predicted molar refractivity (Wildman–Crippen MR) is 96.1 cm³/mol. The first-order valence-electron chi connectivity index (χ1n) is 8.79. The van der Waals surface area contributed by atoms with Crippen LogP contribution in [-0.4, -0.2) is 24.8 Å². The van der Waals surface area contributed by atoms with E-state index in [2.05, 4.69) is 41.9 Å². The minimum atomic E-state index is 0.0251. The summed E-state index contributed by atoms with van der Waals surface area (Å²) in [6.45, 7) is 5.91. The van der Waals surface area contributed by atoms with Crippen LogP contribution in [0.5, 0.6) is 0 Å². The van der Waals surface area contributed by atoms with Gasteiger partial charge in [-0.3, -0.25) is 0 Å². The standard InChI is InChI=1S/C18H35BrO2/c1-3-16-20-18(21-17-4-2)14-12-10-8-6-5-7-9-11-13-15-19/h9,11,18H,3-8,10,12-17H2,1-2H3/b11-9+. The van der Waals surface area contributed by atoms with Crippen molar-refractivity contribution in [1.82, 2.24) is 0 Å². The minimum Gasteiger partial charge on any atom is -0.353 e. The minimum absolute atomic E-state index is 0.0251. The zero-order valence-corrected chi connectivity index (χ0v) is 15.7. The normalized spacial score (nSPS) is 11.8. The van der Waals surface area contributed by atoms with E-state index in [0.29, 0.717) is 0 Å². The van der Waals surface area contributed by atoms with Crippen molar-refractivity contribution < 1.29 is 9.47 Å². The zero-order chi connectivity index (χ0) is 15.6. The lowest BCUT2D eigenvalue weighted by Crippen LogP contribution is -2.18. The van der Waals surface area contributed by atoms with Gasteiger partial charge in [0.2, 0.25) is 0 Å². The first-order valence-corrected chi connectivity index (χ1v) is 9.91. The monoisotopic (exact) mass is 362 g/mol. The van der Waals surface area contributed by atoms with Crippen LogP contribution in [0.4, 0.5) is 0 Å². The molecule has 0 aliphatic rings. The molecule has 0 radical (unpaired) electrons. The Bertz CT molecular complexity index is 211. The third-order valence-electron chi connectivity index (χ3n) is 3.27. The van der Waals surface area contributed by atoms with Crippen LogP contribution >= 0.6 is 15.9 Å². The van der Waals surface area contributed by atoms with Gasteiger partial charge in [0.25, 0.3) is 0 Å². The molecule has 0 saturated heterocycles. The maximum atomic E-state index is 5.74. The summed E-state index contributed by atoms with van der Waals surface area (Å²) in [7, 11) is 0. The largest absolute Gasteiger partial charge is 0.353 e. The van der Waals surface area contributed by atoms with Crippen LogP contribution in [0.15, 0.2) is 12.2 Å². The maximum absolute atomic E-state index is 5.74. The Kier molecular flexibility index (Phi) is 18.3. The highest BCUT2D eigenvalue weighted by atomic mass is 79.9. The number of alkyl halides is 1. The molecule has 0 rings (SSSR count). The van der Waals surface area contributed by atoms with Gasteiger partial charge in [0, 0.05) is 18.5 Å². The Morgan fingerprint density at radius 2 is 1.38 bits per heavy atom. The van der Waals surface area contributed by atoms with E-state index in [9.17, 15) is 0 Å². The fraction of sp³-hybridized carbons (Fsp3) is 0.889. The second kappa shape index (κ2) is 18.2. The van der Waals surface area contributed by atoms with E-state index in [-0.39, 0.29) is 6.29 Å². The van der Waals surface area contributed by atoms with Gasteiger partial charge in [0.05, 0.1) is 0 Å². The van der Waals surface area contributed by atoms with Gasteiger partial charge >= 0.3 is 0 Å². The van der Waals surface area contributed by atoms with Crippen LogP contribution in [0.25, 0.3) is 0 Å². The summed E-state index contributed by atoms with van der Waals surface area (Å²) in [4.78, 5) is 0. The average molecular weight is 363 g/mol. The molecule has 0 aromatic carbocycles. The number of hydrogen-bond donors (Lipinski definition) is 0. The Morgan fingerprint density at radius 1 is 0.810 bits per heavy atom. The zero-order valence-electron chi connectivity index (χ0n) is 14.1. The number of hydrogen-bond acceptors (Lipinski definition) is 2. The summed E-state index contributed by atoms with van der Waals surface area (Å²) in [5.74, 6) is 0. The lowest BCUT2D eigenvalue weighted by Gasteiger charge is -2.18. The van der Waals surface area contributed by atoms with Crippen LogP contribution in [0.1, 0.15) is 78.1 Å². The Labute approximate surface area is 140 Å². The molecule has 3 heteroatoms. The quantitative estimate of drug-likeness (QED) is 0.140. The van der Waals surface area contributed by atoms with Crippen molar-refractivity contribution in [3.8, 4) is 0 Å². The van der Waals surface area contributed by atoms with Gasteiger partial charge in [-0.25, -0.2) is 0 Å². The highest BCUT2D eigenvalue weighted by Crippen LogP contribution is 2.12. The summed E-state index contributed by atoms with van der Waals surface area (Å²) in [6.07, 6.45) is 16.7. The topological polar surface area (TPSA) is 18.5 Å². The molecule has 0 aliphatic heterocycles. The first-order chi connectivity index (χ1) is 10.3. The third kappa shape index (κ3) is 16.3. The van der Waals surface area contributed by atoms with E-state index in [1.807, 2.05) is 0 Å². The van der Waals surface area contributed by atoms with E-state index in [1.165, 1.54) is 38.5 Å². The SMILES string of the molecule is CCCOC(CCCCCCC/C=C/CCBr)OCCC. The van der Waals surface area contributed by atoms with Gasteiger partial charge in [-0.15, -0.1) is 0 Å². The smallest absolute Gasteiger partial charge is 0.157 e. The molecule has 0 aromatic rings. The van der Waals surface area contributed by atoms with Gasteiger partial charge < -0.3 is 9.47 Å². The Balaban J connectivity index is 3.43. The lowest BCUT2D eigenvalue weighted by atomic mass is 10.1. The second-order valence-corrected chi connectivity index (χ2v) is 6.26. The molecule has 0 N–H and O–H groups in total. The molecule has 0 aromatic heterocycles. The number of rotatable bonds is 16. The van der Waals surface area contributed by atoms with Crippen molar-refractivity contribution in [3.05, 3.63) is 12.2 Å². The van der Waals surface area contributed by atoms with Gasteiger partial charge in [0.1, 0.15) is 0 Å². The van der Waals surface area contributed by atoms with Crippen molar-refractivity contribution in [2.45, 2.75) is 84.3 Å². The molecular weight excluding hydrogens is 328 g/mol. The number of halogens is 1. The summed E-state index contributed by atoms with van der Waals surface area (Å²) < 4.78 is 11.5. The van der Waals surface area contributed by atoms with Gasteiger partial charge in [-0.05, 0) is 44.9 Å². The Morgan fingerprint density at radius 3 is 2.00 bits per heavy atom. The van der Waals surface area contributed by atoms with Crippen molar-refractivity contribution in [3.63, 3.8) is 0 Å². The van der Waals surface area contributed by atoms with Crippen LogP contribution in [0, 0.1) is 0 Å². The van der Waals surface area contributed by atoms with Gasteiger partial charge in [-0.2, -0.15) is 0 Å². The summed E-state index contributed by atoms with van der Waals surface area (Å²) in [5.41, 5.74) is 0.